The van der Waals surface area contributed by atoms with Gasteiger partial charge in [0.05, 0.1) is 0 Å². The third kappa shape index (κ3) is 3.19. The molecule has 4 nitrogen and oxygen atoms in total. The first-order valence-corrected chi connectivity index (χ1v) is 5.46. The van der Waals surface area contributed by atoms with Gasteiger partial charge < -0.3 is 11.1 Å². The fourth-order valence-corrected chi connectivity index (χ4v) is 1.52. The molecule has 0 bridgehead atoms. The van der Waals surface area contributed by atoms with E-state index in [0.717, 1.165) is 17.8 Å². The van der Waals surface area contributed by atoms with Gasteiger partial charge in [-0.25, -0.2) is 9.97 Å². The molecule has 1 heterocycles. The Morgan fingerprint density at radius 2 is 1.89 bits per heavy atom. The molecule has 0 atom stereocenters. The van der Waals surface area contributed by atoms with Crippen LogP contribution in [-0.4, -0.2) is 9.97 Å². The van der Waals surface area contributed by atoms with E-state index in [1.54, 1.807) is 24.3 Å². The molecule has 19 heavy (non-hydrogen) atoms. The highest BCUT2D eigenvalue weighted by Gasteiger charge is 2.32. The van der Waals surface area contributed by atoms with Crippen molar-refractivity contribution in [1.82, 2.24) is 9.97 Å². The van der Waals surface area contributed by atoms with Crippen LogP contribution in [0, 0.1) is 0 Å². The number of anilines is 2. The topological polar surface area (TPSA) is 63.8 Å². The summed E-state index contributed by atoms with van der Waals surface area (Å²) in [5, 5.41) is 2.73. The minimum Gasteiger partial charge on any atom is -0.326 e. The SMILES string of the molecule is NCc1ccccc1Nc1nccc(C(F)(F)F)n1. The summed E-state index contributed by atoms with van der Waals surface area (Å²) in [4.78, 5) is 7.19. The zero-order valence-electron chi connectivity index (χ0n) is 9.78. The molecule has 0 aliphatic rings. The zero-order valence-corrected chi connectivity index (χ0v) is 9.78. The highest BCUT2D eigenvalue weighted by molar-refractivity contribution is 5.58. The lowest BCUT2D eigenvalue weighted by atomic mass is 10.2. The van der Waals surface area contributed by atoms with Gasteiger partial charge in [0.15, 0.2) is 0 Å². The Kier molecular flexibility index (Phi) is 3.66. The van der Waals surface area contributed by atoms with Gasteiger partial charge in [-0.1, -0.05) is 18.2 Å². The molecule has 0 saturated heterocycles. The summed E-state index contributed by atoms with van der Waals surface area (Å²) < 4.78 is 37.5. The molecule has 2 rings (SSSR count). The van der Waals surface area contributed by atoms with Gasteiger partial charge in [0.2, 0.25) is 5.95 Å². The molecule has 3 N–H and O–H groups in total. The molecule has 0 spiro atoms. The van der Waals surface area contributed by atoms with Gasteiger partial charge in [-0.2, -0.15) is 13.2 Å². The molecular weight excluding hydrogens is 257 g/mol. The Balaban J connectivity index is 2.29. The van der Waals surface area contributed by atoms with Gasteiger partial charge in [-0.15, -0.1) is 0 Å². The monoisotopic (exact) mass is 268 g/mol. The normalized spacial score (nSPS) is 11.4. The summed E-state index contributed by atoms with van der Waals surface area (Å²) in [6.07, 6.45) is -3.43. The van der Waals surface area contributed by atoms with E-state index in [9.17, 15) is 13.2 Å². The van der Waals surface area contributed by atoms with Crippen LogP contribution in [0.4, 0.5) is 24.8 Å². The van der Waals surface area contributed by atoms with Crippen molar-refractivity contribution >= 4 is 11.6 Å². The molecule has 0 unspecified atom stereocenters. The largest absolute Gasteiger partial charge is 0.433 e. The number of nitrogens with one attached hydrogen (secondary N) is 1. The van der Waals surface area contributed by atoms with Crippen LogP contribution < -0.4 is 11.1 Å². The Hall–Kier alpha value is -2.15. The average Bonchev–Trinajstić information content (AvgIpc) is 2.39. The number of benzene rings is 1. The molecule has 0 amide bonds. The van der Waals surface area contributed by atoms with Crippen molar-refractivity contribution in [3.05, 3.63) is 47.8 Å². The van der Waals surface area contributed by atoms with E-state index in [1.165, 1.54) is 0 Å². The first-order chi connectivity index (χ1) is 9.00. The summed E-state index contributed by atoms with van der Waals surface area (Å²) in [5.41, 5.74) is 5.91. The van der Waals surface area contributed by atoms with Crippen LogP contribution in [0.2, 0.25) is 0 Å². The number of nitrogens with two attached hydrogens (primary N) is 1. The molecule has 2 aromatic rings. The second-order valence-electron chi connectivity index (χ2n) is 3.75. The van der Waals surface area contributed by atoms with Crippen molar-refractivity contribution in [2.75, 3.05) is 5.32 Å². The summed E-state index contributed by atoms with van der Waals surface area (Å²) >= 11 is 0. The fourth-order valence-electron chi connectivity index (χ4n) is 1.52. The van der Waals surface area contributed by atoms with Crippen LogP contribution in [0.15, 0.2) is 36.5 Å². The van der Waals surface area contributed by atoms with Crippen molar-refractivity contribution in [3.8, 4) is 0 Å². The molecule has 0 aliphatic heterocycles. The average molecular weight is 268 g/mol. The Morgan fingerprint density at radius 1 is 1.16 bits per heavy atom. The number of halogens is 3. The molecule has 0 aliphatic carbocycles. The number of para-hydroxylation sites is 1. The van der Waals surface area contributed by atoms with Crippen molar-refractivity contribution < 1.29 is 13.2 Å². The number of nitrogens with zero attached hydrogens (tertiary/aromatic N) is 2. The maximum atomic E-state index is 12.5. The van der Waals surface area contributed by atoms with E-state index in [-0.39, 0.29) is 12.5 Å². The van der Waals surface area contributed by atoms with Crippen molar-refractivity contribution in [2.45, 2.75) is 12.7 Å². The Bertz CT molecular complexity index is 569. The zero-order chi connectivity index (χ0) is 13.9. The number of aromatic nitrogens is 2. The standard InChI is InChI=1S/C12H11F3N4/c13-12(14,15)10-5-6-17-11(19-10)18-9-4-2-1-3-8(9)7-16/h1-6H,7,16H2,(H,17,18,19). The van der Waals surface area contributed by atoms with Gasteiger partial charge in [0.25, 0.3) is 0 Å². The number of hydrogen-bond donors (Lipinski definition) is 2. The van der Waals surface area contributed by atoms with E-state index >= 15 is 0 Å². The van der Waals surface area contributed by atoms with Crippen molar-refractivity contribution in [2.24, 2.45) is 5.73 Å². The van der Waals surface area contributed by atoms with E-state index in [0.29, 0.717) is 5.69 Å². The quantitative estimate of drug-likeness (QED) is 0.898. The van der Waals surface area contributed by atoms with Gasteiger partial charge in [-0.05, 0) is 17.7 Å². The highest BCUT2D eigenvalue weighted by Crippen LogP contribution is 2.28. The molecule has 0 saturated carbocycles. The molecule has 0 radical (unpaired) electrons. The summed E-state index contributed by atoms with van der Waals surface area (Å²) in [7, 11) is 0. The van der Waals surface area contributed by atoms with Crippen LogP contribution in [0.25, 0.3) is 0 Å². The molecule has 1 aromatic carbocycles. The molecule has 0 fully saturated rings. The minimum atomic E-state index is -4.49. The van der Waals surface area contributed by atoms with Crippen molar-refractivity contribution in [3.63, 3.8) is 0 Å². The second kappa shape index (κ2) is 5.23. The Labute approximate surface area is 107 Å². The predicted molar refractivity (Wildman–Crippen MR) is 64.7 cm³/mol. The molecule has 1 aromatic heterocycles. The lowest BCUT2D eigenvalue weighted by Gasteiger charge is -2.11. The summed E-state index contributed by atoms with van der Waals surface area (Å²) in [6, 6.07) is 7.83. The summed E-state index contributed by atoms with van der Waals surface area (Å²) in [6.45, 7) is 0.266. The lowest BCUT2D eigenvalue weighted by molar-refractivity contribution is -0.141. The van der Waals surface area contributed by atoms with Gasteiger partial charge in [0, 0.05) is 18.4 Å². The first-order valence-electron chi connectivity index (χ1n) is 5.46. The van der Waals surface area contributed by atoms with E-state index in [1.807, 2.05) is 0 Å². The predicted octanol–water partition coefficient (Wildman–Crippen LogP) is 2.70. The van der Waals surface area contributed by atoms with Crippen LogP contribution in [0.5, 0.6) is 0 Å². The lowest BCUT2D eigenvalue weighted by Crippen LogP contribution is -2.10. The van der Waals surface area contributed by atoms with Gasteiger partial charge in [0.1, 0.15) is 5.69 Å². The second-order valence-corrected chi connectivity index (χ2v) is 3.75. The van der Waals surface area contributed by atoms with E-state index in [2.05, 4.69) is 15.3 Å². The van der Waals surface area contributed by atoms with Crippen molar-refractivity contribution in [1.29, 1.82) is 0 Å². The smallest absolute Gasteiger partial charge is 0.326 e. The van der Waals surface area contributed by atoms with E-state index < -0.39 is 11.9 Å². The van der Waals surface area contributed by atoms with Crippen LogP contribution in [0.1, 0.15) is 11.3 Å². The summed E-state index contributed by atoms with van der Waals surface area (Å²) in [5.74, 6) is -0.115. The maximum Gasteiger partial charge on any atom is 0.433 e. The molecule has 100 valence electrons. The van der Waals surface area contributed by atoms with E-state index in [4.69, 9.17) is 5.73 Å². The number of rotatable bonds is 3. The first kappa shape index (κ1) is 13.3. The fraction of sp³-hybridized carbons (Fsp3) is 0.167. The van der Waals surface area contributed by atoms with Crippen LogP contribution in [-0.2, 0) is 12.7 Å². The van der Waals surface area contributed by atoms with Gasteiger partial charge >= 0.3 is 6.18 Å². The third-order valence-corrected chi connectivity index (χ3v) is 2.43. The number of hydrogen-bond acceptors (Lipinski definition) is 4. The Morgan fingerprint density at radius 3 is 2.58 bits per heavy atom. The third-order valence-electron chi connectivity index (χ3n) is 2.43. The molecule has 7 heteroatoms. The minimum absolute atomic E-state index is 0.115. The number of alkyl halides is 3. The maximum absolute atomic E-state index is 12.5. The van der Waals surface area contributed by atoms with Gasteiger partial charge in [-0.3, -0.25) is 0 Å². The van der Waals surface area contributed by atoms with Crippen LogP contribution >= 0.6 is 0 Å². The highest BCUT2D eigenvalue weighted by atomic mass is 19.4. The van der Waals surface area contributed by atoms with Crippen LogP contribution in [0.3, 0.4) is 0 Å². The molecular formula is C12H11F3N4.